The lowest BCUT2D eigenvalue weighted by Gasteiger charge is -2.15. The van der Waals surface area contributed by atoms with Gasteiger partial charge in [0.2, 0.25) is 0 Å². The second kappa shape index (κ2) is 6.05. The SMILES string of the molecule is CNC(COC)Cc1cccc(Cl)c1F. The minimum atomic E-state index is -0.337. The smallest absolute Gasteiger partial charge is 0.145 e. The van der Waals surface area contributed by atoms with Gasteiger partial charge < -0.3 is 10.1 Å². The summed E-state index contributed by atoms with van der Waals surface area (Å²) in [4.78, 5) is 0. The number of hydrogen-bond donors (Lipinski definition) is 1. The molecule has 1 rings (SSSR count). The van der Waals surface area contributed by atoms with E-state index in [-0.39, 0.29) is 16.9 Å². The first kappa shape index (κ1) is 12.4. The zero-order valence-electron chi connectivity index (χ0n) is 8.89. The number of nitrogens with one attached hydrogen (secondary N) is 1. The molecule has 84 valence electrons. The van der Waals surface area contributed by atoms with Gasteiger partial charge in [0.1, 0.15) is 5.82 Å². The summed E-state index contributed by atoms with van der Waals surface area (Å²) in [6.45, 7) is 0.544. The monoisotopic (exact) mass is 231 g/mol. The summed E-state index contributed by atoms with van der Waals surface area (Å²) in [6, 6.07) is 5.13. The van der Waals surface area contributed by atoms with Crippen molar-refractivity contribution in [2.24, 2.45) is 0 Å². The van der Waals surface area contributed by atoms with Crippen LogP contribution in [0.1, 0.15) is 5.56 Å². The van der Waals surface area contributed by atoms with Crippen LogP contribution in [0.15, 0.2) is 18.2 Å². The zero-order valence-corrected chi connectivity index (χ0v) is 9.64. The van der Waals surface area contributed by atoms with Crippen LogP contribution in [0, 0.1) is 5.82 Å². The van der Waals surface area contributed by atoms with Crippen LogP contribution >= 0.6 is 11.6 Å². The van der Waals surface area contributed by atoms with Crippen LogP contribution in [-0.4, -0.2) is 26.8 Å². The summed E-state index contributed by atoms with van der Waals surface area (Å²) < 4.78 is 18.6. The first-order valence-electron chi connectivity index (χ1n) is 4.78. The minimum Gasteiger partial charge on any atom is -0.383 e. The van der Waals surface area contributed by atoms with E-state index in [1.807, 2.05) is 7.05 Å². The molecule has 1 aromatic rings. The van der Waals surface area contributed by atoms with Crippen LogP contribution in [-0.2, 0) is 11.2 Å². The van der Waals surface area contributed by atoms with Crippen molar-refractivity contribution in [3.63, 3.8) is 0 Å². The van der Waals surface area contributed by atoms with Gasteiger partial charge in [0.25, 0.3) is 0 Å². The number of rotatable bonds is 5. The summed E-state index contributed by atoms with van der Waals surface area (Å²) in [5.74, 6) is -0.337. The van der Waals surface area contributed by atoms with Crippen molar-refractivity contribution in [1.82, 2.24) is 5.32 Å². The van der Waals surface area contributed by atoms with E-state index < -0.39 is 0 Å². The van der Waals surface area contributed by atoms with Gasteiger partial charge >= 0.3 is 0 Å². The Labute approximate surface area is 94.4 Å². The van der Waals surface area contributed by atoms with E-state index in [9.17, 15) is 4.39 Å². The van der Waals surface area contributed by atoms with E-state index in [4.69, 9.17) is 16.3 Å². The molecule has 0 spiro atoms. The zero-order chi connectivity index (χ0) is 11.3. The molecule has 1 N–H and O–H groups in total. The van der Waals surface area contributed by atoms with E-state index in [0.717, 1.165) is 0 Å². The van der Waals surface area contributed by atoms with Gasteiger partial charge in [-0.15, -0.1) is 0 Å². The van der Waals surface area contributed by atoms with Gasteiger partial charge in [0.05, 0.1) is 11.6 Å². The molecule has 1 unspecified atom stereocenters. The predicted molar refractivity (Wildman–Crippen MR) is 59.8 cm³/mol. The Morgan fingerprint density at radius 2 is 2.27 bits per heavy atom. The first-order valence-corrected chi connectivity index (χ1v) is 5.16. The summed E-state index contributed by atoms with van der Waals surface area (Å²) in [5.41, 5.74) is 0.610. The number of methoxy groups -OCH3 is 1. The molecule has 4 heteroatoms. The third-order valence-electron chi connectivity index (χ3n) is 2.27. The van der Waals surface area contributed by atoms with Gasteiger partial charge in [-0.3, -0.25) is 0 Å². The van der Waals surface area contributed by atoms with E-state index in [2.05, 4.69) is 5.32 Å². The molecule has 0 heterocycles. The maximum Gasteiger partial charge on any atom is 0.145 e. The molecule has 0 aliphatic carbocycles. The van der Waals surface area contributed by atoms with E-state index in [1.165, 1.54) is 0 Å². The Morgan fingerprint density at radius 3 is 2.87 bits per heavy atom. The van der Waals surface area contributed by atoms with E-state index >= 15 is 0 Å². The van der Waals surface area contributed by atoms with Gasteiger partial charge in [-0.05, 0) is 25.1 Å². The Kier molecular flexibility index (Phi) is 5.02. The fourth-order valence-corrected chi connectivity index (χ4v) is 1.61. The van der Waals surface area contributed by atoms with Gasteiger partial charge in [-0.25, -0.2) is 4.39 Å². The van der Waals surface area contributed by atoms with Crippen molar-refractivity contribution < 1.29 is 9.13 Å². The van der Waals surface area contributed by atoms with Gasteiger partial charge in [-0.2, -0.15) is 0 Å². The predicted octanol–water partition coefficient (Wildman–Crippen LogP) is 2.26. The van der Waals surface area contributed by atoms with Crippen molar-refractivity contribution in [2.75, 3.05) is 20.8 Å². The van der Waals surface area contributed by atoms with Gasteiger partial charge in [-0.1, -0.05) is 23.7 Å². The molecule has 0 bridgehead atoms. The molecule has 2 nitrogen and oxygen atoms in total. The summed E-state index contributed by atoms with van der Waals surface area (Å²) in [7, 11) is 3.45. The maximum absolute atomic E-state index is 13.5. The number of ether oxygens (including phenoxy) is 1. The van der Waals surface area contributed by atoms with Crippen molar-refractivity contribution >= 4 is 11.6 Å². The maximum atomic E-state index is 13.5. The lowest BCUT2D eigenvalue weighted by molar-refractivity contribution is 0.169. The third kappa shape index (κ3) is 3.45. The van der Waals surface area contributed by atoms with Crippen molar-refractivity contribution in [2.45, 2.75) is 12.5 Å². The molecule has 1 aromatic carbocycles. The second-order valence-corrected chi connectivity index (χ2v) is 3.77. The minimum absolute atomic E-state index is 0.1000. The largest absolute Gasteiger partial charge is 0.383 e. The quantitative estimate of drug-likeness (QED) is 0.840. The molecule has 0 aliphatic rings. The standard InChI is InChI=1S/C11H15ClFNO/c1-14-9(7-15-2)6-8-4-3-5-10(12)11(8)13/h3-5,9,14H,6-7H2,1-2H3. The van der Waals surface area contributed by atoms with Crippen LogP contribution < -0.4 is 5.32 Å². The lowest BCUT2D eigenvalue weighted by Crippen LogP contribution is -2.32. The van der Waals surface area contributed by atoms with Crippen LogP contribution in [0.5, 0.6) is 0 Å². The average Bonchev–Trinajstić information content (AvgIpc) is 2.24. The topological polar surface area (TPSA) is 21.3 Å². The molecule has 0 radical (unpaired) electrons. The second-order valence-electron chi connectivity index (χ2n) is 3.36. The Bertz CT molecular complexity index is 319. The van der Waals surface area contributed by atoms with Crippen molar-refractivity contribution in [1.29, 1.82) is 0 Å². The van der Waals surface area contributed by atoms with Crippen LogP contribution in [0.3, 0.4) is 0 Å². The summed E-state index contributed by atoms with van der Waals surface area (Å²) in [5, 5.41) is 3.23. The van der Waals surface area contributed by atoms with Crippen LogP contribution in [0.2, 0.25) is 5.02 Å². The number of benzene rings is 1. The van der Waals surface area contributed by atoms with Crippen molar-refractivity contribution in [3.05, 3.63) is 34.6 Å². The highest BCUT2D eigenvalue weighted by Crippen LogP contribution is 2.18. The molecule has 1 atom stereocenters. The number of halogens is 2. The van der Waals surface area contributed by atoms with E-state index in [0.29, 0.717) is 18.6 Å². The fourth-order valence-electron chi connectivity index (χ4n) is 1.42. The molecule has 0 aliphatic heterocycles. The molecule has 0 fully saturated rings. The Balaban J connectivity index is 2.74. The third-order valence-corrected chi connectivity index (χ3v) is 2.57. The number of hydrogen-bond acceptors (Lipinski definition) is 2. The molecule has 0 saturated heterocycles. The van der Waals surface area contributed by atoms with Gasteiger partial charge in [0, 0.05) is 13.2 Å². The lowest BCUT2D eigenvalue weighted by atomic mass is 10.1. The van der Waals surface area contributed by atoms with Gasteiger partial charge in [0.15, 0.2) is 0 Å². The average molecular weight is 232 g/mol. The highest BCUT2D eigenvalue weighted by Gasteiger charge is 2.11. The molecule has 0 amide bonds. The Hall–Kier alpha value is -0.640. The highest BCUT2D eigenvalue weighted by atomic mass is 35.5. The normalized spacial score (nSPS) is 12.8. The molecular formula is C11H15ClFNO. The number of likely N-dealkylation sites (N-methyl/N-ethyl adjacent to an activating group) is 1. The van der Waals surface area contributed by atoms with Crippen molar-refractivity contribution in [3.8, 4) is 0 Å². The molecule has 0 saturated carbocycles. The molecule has 0 aromatic heterocycles. The molecular weight excluding hydrogens is 217 g/mol. The first-order chi connectivity index (χ1) is 7.19. The fraction of sp³-hybridized carbons (Fsp3) is 0.455. The summed E-state index contributed by atoms with van der Waals surface area (Å²) in [6.07, 6.45) is 0.566. The van der Waals surface area contributed by atoms with E-state index in [1.54, 1.807) is 25.3 Å². The Morgan fingerprint density at radius 1 is 1.53 bits per heavy atom. The van der Waals surface area contributed by atoms with Crippen LogP contribution in [0.4, 0.5) is 4.39 Å². The highest BCUT2D eigenvalue weighted by molar-refractivity contribution is 6.30. The van der Waals surface area contributed by atoms with Crippen LogP contribution in [0.25, 0.3) is 0 Å². The summed E-state index contributed by atoms with van der Waals surface area (Å²) >= 11 is 5.69. The molecule has 15 heavy (non-hydrogen) atoms.